The van der Waals surface area contributed by atoms with Crippen molar-refractivity contribution >= 4 is 5.91 Å². The fourth-order valence-electron chi connectivity index (χ4n) is 3.19. The monoisotopic (exact) mass is 292 g/mol. The number of hydrogen-bond donors (Lipinski definition) is 1. The molecular formula is C17H25FN2O. The lowest BCUT2D eigenvalue weighted by molar-refractivity contribution is 0.0684. The van der Waals surface area contributed by atoms with Gasteiger partial charge < -0.3 is 10.2 Å². The Hall–Kier alpha value is -1.42. The van der Waals surface area contributed by atoms with E-state index >= 15 is 0 Å². The van der Waals surface area contributed by atoms with Gasteiger partial charge in [-0.25, -0.2) is 4.39 Å². The van der Waals surface area contributed by atoms with Crippen molar-refractivity contribution < 1.29 is 9.18 Å². The Morgan fingerprint density at radius 2 is 1.95 bits per heavy atom. The number of halogens is 1. The van der Waals surface area contributed by atoms with E-state index in [2.05, 4.69) is 12.2 Å². The second-order valence-corrected chi connectivity index (χ2v) is 6.00. The summed E-state index contributed by atoms with van der Waals surface area (Å²) in [5.74, 6) is -0.424. The van der Waals surface area contributed by atoms with Gasteiger partial charge in [0.15, 0.2) is 0 Å². The molecule has 1 N–H and O–H groups in total. The first-order valence-corrected chi connectivity index (χ1v) is 7.79. The van der Waals surface area contributed by atoms with E-state index < -0.39 is 0 Å². The zero-order valence-corrected chi connectivity index (χ0v) is 13.2. The van der Waals surface area contributed by atoms with E-state index in [9.17, 15) is 9.18 Å². The van der Waals surface area contributed by atoms with Crippen molar-refractivity contribution in [1.29, 1.82) is 0 Å². The van der Waals surface area contributed by atoms with Gasteiger partial charge in [-0.15, -0.1) is 0 Å². The Labute approximate surface area is 126 Å². The van der Waals surface area contributed by atoms with E-state index in [1.807, 2.05) is 14.0 Å². The SMILES string of the molecule is CCNC1CCC(N(C)C(=O)c2cc(C)cc(F)c2)CC1. The average Bonchev–Trinajstić information content (AvgIpc) is 2.46. The van der Waals surface area contributed by atoms with Gasteiger partial charge >= 0.3 is 0 Å². The third-order valence-electron chi connectivity index (χ3n) is 4.35. The summed E-state index contributed by atoms with van der Waals surface area (Å²) in [4.78, 5) is 14.3. The predicted molar refractivity (Wildman–Crippen MR) is 83.0 cm³/mol. The Morgan fingerprint density at radius 3 is 2.52 bits per heavy atom. The van der Waals surface area contributed by atoms with Crippen LogP contribution in [0.1, 0.15) is 48.5 Å². The second kappa shape index (κ2) is 7.03. The molecule has 0 atom stereocenters. The third kappa shape index (κ3) is 4.03. The van der Waals surface area contributed by atoms with Crippen LogP contribution >= 0.6 is 0 Å². The van der Waals surface area contributed by atoms with Crippen molar-refractivity contribution in [3.05, 3.63) is 35.1 Å². The van der Waals surface area contributed by atoms with Gasteiger partial charge in [-0.1, -0.05) is 6.92 Å². The highest BCUT2D eigenvalue weighted by Crippen LogP contribution is 2.24. The summed E-state index contributed by atoms with van der Waals surface area (Å²) >= 11 is 0. The maximum atomic E-state index is 13.5. The van der Waals surface area contributed by atoms with Crippen molar-refractivity contribution in [2.24, 2.45) is 0 Å². The maximum Gasteiger partial charge on any atom is 0.253 e. The summed E-state index contributed by atoms with van der Waals surface area (Å²) in [6.07, 6.45) is 4.21. The molecule has 116 valence electrons. The molecular weight excluding hydrogens is 267 g/mol. The number of rotatable bonds is 4. The Kier molecular flexibility index (Phi) is 5.34. The normalized spacial score (nSPS) is 22.1. The van der Waals surface area contributed by atoms with Gasteiger partial charge in [-0.2, -0.15) is 0 Å². The second-order valence-electron chi connectivity index (χ2n) is 6.00. The van der Waals surface area contributed by atoms with Crippen LogP contribution in [0.25, 0.3) is 0 Å². The Balaban J connectivity index is 2.00. The topological polar surface area (TPSA) is 32.3 Å². The van der Waals surface area contributed by atoms with Crippen LogP contribution < -0.4 is 5.32 Å². The molecule has 1 amide bonds. The fourth-order valence-corrected chi connectivity index (χ4v) is 3.19. The molecule has 0 radical (unpaired) electrons. The van der Waals surface area contributed by atoms with Crippen LogP contribution in [0.5, 0.6) is 0 Å². The number of benzene rings is 1. The lowest BCUT2D eigenvalue weighted by atomic mass is 9.90. The molecule has 0 spiro atoms. The molecule has 1 aliphatic rings. The number of nitrogens with one attached hydrogen (secondary N) is 1. The molecule has 1 fully saturated rings. The average molecular weight is 292 g/mol. The number of carbonyl (C=O) groups excluding carboxylic acids is 1. The number of aryl methyl sites for hydroxylation is 1. The van der Waals surface area contributed by atoms with Gasteiger partial charge in [0.05, 0.1) is 0 Å². The molecule has 1 saturated carbocycles. The van der Waals surface area contributed by atoms with Crippen LogP contribution in [0.15, 0.2) is 18.2 Å². The van der Waals surface area contributed by atoms with E-state index in [0.717, 1.165) is 37.8 Å². The van der Waals surface area contributed by atoms with Gasteiger partial charge in [-0.05, 0) is 62.9 Å². The van der Waals surface area contributed by atoms with Crippen molar-refractivity contribution in [3.8, 4) is 0 Å². The van der Waals surface area contributed by atoms with Gasteiger partial charge in [0.1, 0.15) is 5.82 Å². The number of nitrogens with zero attached hydrogens (tertiary/aromatic N) is 1. The molecule has 21 heavy (non-hydrogen) atoms. The minimum absolute atomic E-state index is 0.0792. The van der Waals surface area contributed by atoms with Crippen LogP contribution in [-0.2, 0) is 0 Å². The molecule has 0 heterocycles. The number of amides is 1. The molecule has 4 heteroatoms. The van der Waals surface area contributed by atoms with Crippen LogP contribution in [0.4, 0.5) is 4.39 Å². The summed E-state index contributed by atoms with van der Waals surface area (Å²) in [5.41, 5.74) is 1.23. The minimum atomic E-state index is -0.345. The summed E-state index contributed by atoms with van der Waals surface area (Å²) in [6.45, 7) is 4.92. The van der Waals surface area contributed by atoms with Gasteiger partial charge in [0.2, 0.25) is 0 Å². The van der Waals surface area contributed by atoms with Gasteiger partial charge in [-0.3, -0.25) is 4.79 Å². The molecule has 0 aromatic heterocycles. The minimum Gasteiger partial charge on any atom is -0.339 e. The molecule has 0 saturated heterocycles. The molecule has 0 aliphatic heterocycles. The van der Waals surface area contributed by atoms with Crippen molar-refractivity contribution in [1.82, 2.24) is 10.2 Å². The van der Waals surface area contributed by atoms with E-state index in [1.165, 1.54) is 12.1 Å². The van der Waals surface area contributed by atoms with E-state index in [0.29, 0.717) is 11.6 Å². The zero-order chi connectivity index (χ0) is 15.4. The van der Waals surface area contributed by atoms with Crippen molar-refractivity contribution in [2.75, 3.05) is 13.6 Å². The highest BCUT2D eigenvalue weighted by molar-refractivity contribution is 5.94. The van der Waals surface area contributed by atoms with Gasteiger partial charge in [0, 0.05) is 24.7 Å². The van der Waals surface area contributed by atoms with Crippen molar-refractivity contribution in [3.63, 3.8) is 0 Å². The summed E-state index contributed by atoms with van der Waals surface area (Å²) in [7, 11) is 1.83. The molecule has 1 aromatic rings. The lowest BCUT2D eigenvalue weighted by Gasteiger charge is -2.35. The van der Waals surface area contributed by atoms with Crippen LogP contribution in [-0.4, -0.2) is 36.5 Å². The quantitative estimate of drug-likeness (QED) is 0.924. The smallest absolute Gasteiger partial charge is 0.253 e. The largest absolute Gasteiger partial charge is 0.339 e. The van der Waals surface area contributed by atoms with Crippen LogP contribution in [0.2, 0.25) is 0 Å². The Morgan fingerprint density at radius 1 is 1.29 bits per heavy atom. The first-order valence-electron chi connectivity index (χ1n) is 7.79. The van der Waals surface area contributed by atoms with E-state index in [4.69, 9.17) is 0 Å². The molecule has 2 rings (SSSR count). The highest BCUT2D eigenvalue weighted by Gasteiger charge is 2.26. The summed E-state index contributed by atoms with van der Waals surface area (Å²) < 4.78 is 13.5. The molecule has 0 unspecified atom stereocenters. The molecule has 1 aromatic carbocycles. The number of hydrogen-bond acceptors (Lipinski definition) is 2. The highest BCUT2D eigenvalue weighted by atomic mass is 19.1. The van der Waals surface area contributed by atoms with E-state index in [1.54, 1.807) is 11.0 Å². The zero-order valence-electron chi connectivity index (χ0n) is 13.2. The van der Waals surface area contributed by atoms with E-state index in [-0.39, 0.29) is 17.8 Å². The molecule has 1 aliphatic carbocycles. The van der Waals surface area contributed by atoms with Gasteiger partial charge in [0.25, 0.3) is 5.91 Å². The first kappa shape index (κ1) is 16.0. The fraction of sp³-hybridized carbons (Fsp3) is 0.588. The lowest BCUT2D eigenvalue weighted by Crippen LogP contribution is -2.43. The standard InChI is InChI=1S/C17H25FN2O/c1-4-19-15-5-7-16(8-6-15)20(3)17(21)13-9-12(2)10-14(18)11-13/h9-11,15-16,19H,4-8H2,1-3H3. The summed E-state index contributed by atoms with van der Waals surface area (Å²) in [6, 6.07) is 5.36. The van der Waals surface area contributed by atoms with Crippen LogP contribution in [0.3, 0.4) is 0 Å². The van der Waals surface area contributed by atoms with Crippen molar-refractivity contribution in [2.45, 2.75) is 51.6 Å². The van der Waals surface area contributed by atoms with Crippen LogP contribution in [0, 0.1) is 12.7 Å². The maximum absolute atomic E-state index is 13.5. The first-order chi connectivity index (χ1) is 10.0. The molecule has 3 nitrogen and oxygen atoms in total. The predicted octanol–water partition coefficient (Wildman–Crippen LogP) is 3.13. The number of carbonyl (C=O) groups is 1. The summed E-state index contributed by atoms with van der Waals surface area (Å²) in [5, 5.41) is 3.47. The third-order valence-corrected chi connectivity index (χ3v) is 4.35. The molecule has 0 bridgehead atoms. The Bertz CT molecular complexity index is 475.